The van der Waals surface area contributed by atoms with Crippen molar-refractivity contribution in [1.29, 1.82) is 0 Å². The molecule has 2 saturated heterocycles. The van der Waals surface area contributed by atoms with Gasteiger partial charge in [-0.05, 0) is 21.1 Å². The highest BCUT2D eigenvalue weighted by atomic mass is 15.3. The fraction of sp³-hybridized carbons (Fsp3) is 1.00. The Morgan fingerprint density at radius 3 is 2.40 bits per heavy atom. The maximum atomic E-state index is 3.66. The summed E-state index contributed by atoms with van der Waals surface area (Å²) in [6, 6.07) is 1.31. The first-order chi connectivity index (χ1) is 7.16. The molecule has 0 aliphatic carbocycles. The molecule has 0 amide bonds. The lowest BCUT2D eigenvalue weighted by Gasteiger charge is -2.45. The molecule has 2 fully saturated rings. The normalized spacial score (nSPS) is 37.0. The van der Waals surface area contributed by atoms with E-state index < -0.39 is 0 Å². The van der Waals surface area contributed by atoms with Crippen LogP contribution in [0.4, 0.5) is 0 Å². The van der Waals surface area contributed by atoms with Crippen molar-refractivity contribution in [2.45, 2.75) is 12.1 Å². The number of piperazine rings is 2. The van der Waals surface area contributed by atoms with Crippen LogP contribution in [-0.2, 0) is 0 Å². The molecule has 0 aromatic rings. The van der Waals surface area contributed by atoms with Gasteiger partial charge in [-0.25, -0.2) is 0 Å². The molecule has 2 rings (SSSR count). The summed E-state index contributed by atoms with van der Waals surface area (Å²) >= 11 is 0. The van der Waals surface area contributed by atoms with Crippen molar-refractivity contribution < 1.29 is 0 Å². The molecule has 0 spiro atoms. The molecule has 88 valence electrons. The monoisotopic (exact) mass is 212 g/mol. The summed E-state index contributed by atoms with van der Waals surface area (Å²) in [5.74, 6) is 0. The Kier molecular flexibility index (Phi) is 3.61. The molecule has 2 heterocycles. The minimum absolute atomic E-state index is 0.636. The molecule has 0 bridgehead atoms. The average Bonchev–Trinajstić information content (AvgIpc) is 2.22. The molecule has 2 atom stereocenters. The van der Waals surface area contributed by atoms with E-state index in [1.165, 1.54) is 32.7 Å². The standard InChI is InChI=1S/C11H24N4/c1-13-5-4-12-10(8-13)11-9-14(2)6-7-15(11)3/h10-12H,4-9H2,1-3H3. The van der Waals surface area contributed by atoms with E-state index in [9.17, 15) is 0 Å². The van der Waals surface area contributed by atoms with E-state index in [1.807, 2.05) is 0 Å². The molecule has 1 N–H and O–H groups in total. The van der Waals surface area contributed by atoms with Crippen LogP contribution >= 0.6 is 0 Å². The fourth-order valence-corrected chi connectivity index (χ4v) is 2.67. The highest BCUT2D eigenvalue weighted by Gasteiger charge is 2.31. The summed E-state index contributed by atoms with van der Waals surface area (Å²) in [7, 11) is 6.71. The van der Waals surface area contributed by atoms with E-state index in [0.29, 0.717) is 12.1 Å². The summed E-state index contributed by atoms with van der Waals surface area (Å²) in [6.45, 7) is 7.10. The van der Waals surface area contributed by atoms with Gasteiger partial charge in [0.15, 0.2) is 0 Å². The second-order valence-corrected chi connectivity index (χ2v) is 5.13. The van der Waals surface area contributed by atoms with E-state index >= 15 is 0 Å². The van der Waals surface area contributed by atoms with Gasteiger partial charge in [-0.2, -0.15) is 0 Å². The topological polar surface area (TPSA) is 21.8 Å². The number of nitrogens with zero attached hydrogens (tertiary/aromatic N) is 3. The molecule has 0 radical (unpaired) electrons. The van der Waals surface area contributed by atoms with E-state index in [2.05, 4.69) is 41.2 Å². The molecule has 2 aliphatic rings. The molecule has 4 nitrogen and oxygen atoms in total. The summed E-state index contributed by atoms with van der Waals surface area (Å²) in [4.78, 5) is 7.39. The van der Waals surface area contributed by atoms with Gasteiger partial charge in [0.1, 0.15) is 0 Å². The Morgan fingerprint density at radius 2 is 1.67 bits per heavy atom. The van der Waals surface area contributed by atoms with Crippen molar-refractivity contribution in [2.75, 3.05) is 60.4 Å². The van der Waals surface area contributed by atoms with E-state index in [1.54, 1.807) is 0 Å². The van der Waals surface area contributed by atoms with Crippen LogP contribution in [0.15, 0.2) is 0 Å². The van der Waals surface area contributed by atoms with Gasteiger partial charge in [0.25, 0.3) is 0 Å². The van der Waals surface area contributed by atoms with Crippen LogP contribution in [0.5, 0.6) is 0 Å². The average molecular weight is 212 g/mol. The SMILES string of the molecule is CN1CCNC(C2CN(C)CCN2C)C1. The number of hydrogen-bond acceptors (Lipinski definition) is 4. The lowest BCUT2D eigenvalue weighted by molar-refractivity contribution is 0.0665. The molecule has 4 heteroatoms. The highest BCUT2D eigenvalue weighted by molar-refractivity contribution is 4.92. The van der Waals surface area contributed by atoms with Gasteiger partial charge in [0.2, 0.25) is 0 Å². The smallest absolute Gasteiger partial charge is 0.0386 e. The number of nitrogens with one attached hydrogen (secondary N) is 1. The quantitative estimate of drug-likeness (QED) is 0.610. The van der Waals surface area contributed by atoms with Crippen LogP contribution in [0.3, 0.4) is 0 Å². The van der Waals surface area contributed by atoms with Crippen molar-refractivity contribution in [3.05, 3.63) is 0 Å². The van der Waals surface area contributed by atoms with Crippen LogP contribution in [0, 0.1) is 0 Å². The largest absolute Gasteiger partial charge is 0.310 e. The lowest BCUT2D eigenvalue weighted by Crippen LogP contribution is -2.63. The predicted octanol–water partition coefficient (Wildman–Crippen LogP) is -0.864. The molecular weight excluding hydrogens is 188 g/mol. The Balaban J connectivity index is 1.94. The van der Waals surface area contributed by atoms with Crippen LogP contribution in [0.2, 0.25) is 0 Å². The zero-order chi connectivity index (χ0) is 10.8. The summed E-state index contributed by atoms with van der Waals surface area (Å²) in [6.07, 6.45) is 0. The first-order valence-electron chi connectivity index (χ1n) is 5.97. The second kappa shape index (κ2) is 4.78. The van der Waals surface area contributed by atoms with Crippen molar-refractivity contribution in [1.82, 2.24) is 20.0 Å². The molecule has 0 aromatic carbocycles. The molecule has 2 unspecified atom stereocenters. The van der Waals surface area contributed by atoms with Gasteiger partial charge in [0.05, 0.1) is 0 Å². The van der Waals surface area contributed by atoms with Crippen LogP contribution < -0.4 is 5.32 Å². The van der Waals surface area contributed by atoms with Crippen molar-refractivity contribution >= 4 is 0 Å². The van der Waals surface area contributed by atoms with E-state index in [0.717, 1.165) is 6.54 Å². The molecule has 2 aliphatic heterocycles. The number of likely N-dealkylation sites (N-methyl/N-ethyl adjacent to an activating group) is 3. The molecule has 0 saturated carbocycles. The van der Waals surface area contributed by atoms with Crippen molar-refractivity contribution in [2.24, 2.45) is 0 Å². The zero-order valence-corrected chi connectivity index (χ0v) is 10.2. The van der Waals surface area contributed by atoms with Crippen LogP contribution in [0.1, 0.15) is 0 Å². The third-order valence-corrected chi connectivity index (χ3v) is 3.77. The van der Waals surface area contributed by atoms with Gasteiger partial charge < -0.3 is 15.1 Å². The highest BCUT2D eigenvalue weighted by Crippen LogP contribution is 2.12. The zero-order valence-electron chi connectivity index (χ0n) is 10.2. The van der Waals surface area contributed by atoms with Crippen LogP contribution in [-0.4, -0.2) is 87.2 Å². The molecular formula is C11H24N4. The van der Waals surface area contributed by atoms with Crippen molar-refractivity contribution in [3.8, 4) is 0 Å². The summed E-state index contributed by atoms with van der Waals surface area (Å²) in [5, 5.41) is 3.66. The maximum absolute atomic E-state index is 3.66. The Morgan fingerprint density at radius 1 is 0.933 bits per heavy atom. The fourth-order valence-electron chi connectivity index (χ4n) is 2.67. The lowest BCUT2D eigenvalue weighted by atomic mass is 10.0. The van der Waals surface area contributed by atoms with E-state index in [4.69, 9.17) is 0 Å². The third kappa shape index (κ3) is 2.69. The summed E-state index contributed by atoms with van der Waals surface area (Å²) < 4.78 is 0. The maximum Gasteiger partial charge on any atom is 0.0386 e. The number of hydrogen-bond donors (Lipinski definition) is 1. The van der Waals surface area contributed by atoms with Gasteiger partial charge in [-0.3, -0.25) is 4.90 Å². The molecule has 0 aromatic heterocycles. The third-order valence-electron chi connectivity index (χ3n) is 3.77. The minimum atomic E-state index is 0.636. The van der Waals surface area contributed by atoms with Gasteiger partial charge in [-0.15, -0.1) is 0 Å². The Labute approximate surface area is 93.2 Å². The first kappa shape index (κ1) is 11.3. The predicted molar refractivity (Wildman–Crippen MR) is 63.2 cm³/mol. The van der Waals surface area contributed by atoms with Gasteiger partial charge in [0, 0.05) is 51.4 Å². The van der Waals surface area contributed by atoms with Gasteiger partial charge in [-0.1, -0.05) is 0 Å². The number of rotatable bonds is 1. The Bertz CT molecular complexity index is 209. The second-order valence-electron chi connectivity index (χ2n) is 5.13. The van der Waals surface area contributed by atoms with Crippen molar-refractivity contribution in [3.63, 3.8) is 0 Å². The van der Waals surface area contributed by atoms with E-state index in [-0.39, 0.29) is 0 Å². The Hall–Kier alpha value is -0.160. The van der Waals surface area contributed by atoms with Crippen LogP contribution in [0.25, 0.3) is 0 Å². The summed E-state index contributed by atoms with van der Waals surface area (Å²) in [5.41, 5.74) is 0. The van der Waals surface area contributed by atoms with Gasteiger partial charge >= 0.3 is 0 Å². The molecule has 15 heavy (non-hydrogen) atoms. The first-order valence-corrected chi connectivity index (χ1v) is 5.97. The minimum Gasteiger partial charge on any atom is -0.310 e.